The van der Waals surface area contributed by atoms with Gasteiger partial charge in [0.05, 0.1) is 27.1 Å². The van der Waals surface area contributed by atoms with Crippen LogP contribution in [0.4, 0.5) is 18.9 Å². The minimum atomic E-state index is -5.08. The third kappa shape index (κ3) is 12.1. The molecule has 1 unspecified atom stereocenters. The molecule has 17 heteroatoms. The Balaban J connectivity index is 0.000000984. The normalized spacial score (nSPS) is 11.4. The van der Waals surface area contributed by atoms with E-state index < -0.39 is 30.0 Å². The number of ether oxygens (including phenoxy) is 3. The fraction of sp³-hybridized carbons (Fsp3) is 0.300. The average molecular weight is 664 g/mol. The fourth-order valence-electron chi connectivity index (χ4n) is 3.70. The van der Waals surface area contributed by atoms with Gasteiger partial charge in [-0.3, -0.25) is 30.7 Å². The van der Waals surface area contributed by atoms with Gasteiger partial charge in [0.1, 0.15) is 23.2 Å². The summed E-state index contributed by atoms with van der Waals surface area (Å²) < 4.78 is 48.5. The lowest BCUT2D eigenvalue weighted by Crippen LogP contribution is -2.45. The number of aliphatic carboxylic acids is 1. The van der Waals surface area contributed by atoms with E-state index in [1.54, 1.807) is 42.5 Å². The summed E-state index contributed by atoms with van der Waals surface area (Å²) in [5, 5.41) is 17.9. The molecule has 0 fully saturated rings. The molecular formula is C30H36F3N7O7. The van der Waals surface area contributed by atoms with Crippen LogP contribution in [0.3, 0.4) is 0 Å². The number of carboxylic acids is 1. The number of amidine groups is 1. The Morgan fingerprint density at radius 1 is 1.09 bits per heavy atom. The number of hydrazine groups is 1. The predicted octanol–water partition coefficient (Wildman–Crippen LogP) is 3.06. The summed E-state index contributed by atoms with van der Waals surface area (Å²) in [4.78, 5) is 41.0. The molecule has 1 aromatic heterocycles. The number of carbonyl (C=O) groups is 3. The maximum Gasteiger partial charge on any atom is 0.490 e. The lowest BCUT2D eigenvalue weighted by molar-refractivity contribution is -0.192. The van der Waals surface area contributed by atoms with Crippen molar-refractivity contribution >= 4 is 29.3 Å². The van der Waals surface area contributed by atoms with Gasteiger partial charge in [0.15, 0.2) is 0 Å². The Hall–Kier alpha value is -5.42. The molecule has 0 aliphatic carbocycles. The second-order valence-electron chi connectivity index (χ2n) is 9.73. The highest BCUT2D eigenvalue weighted by atomic mass is 19.4. The highest BCUT2D eigenvalue weighted by molar-refractivity contribution is 5.98. The number of pyridine rings is 1. The van der Waals surface area contributed by atoms with E-state index in [0.29, 0.717) is 42.5 Å². The smallest absolute Gasteiger partial charge is 0.490 e. The van der Waals surface area contributed by atoms with Crippen molar-refractivity contribution in [2.75, 3.05) is 39.9 Å². The molecule has 7 N–H and O–H groups in total. The Bertz CT molecular complexity index is 1520. The Morgan fingerprint density at radius 2 is 1.74 bits per heavy atom. The van der Waals surface area contributed by atoms with Gasteiger partial charge in [-0.05, 0) is 69.0 Å². The third-order valence-electron chi connectivity index (χ3n) is 5.85. The molecular weight excluding hydrogens is 627 g/mol. The molecule has 0 aliphatic heterocycles. The Morgan fingerprint density at radius 3 is 2.30 bits per heavy atom. The molecule has 0 radical (unpaired) electrons. The molecule has 1 atom stereocenters. The van der Waals surface area contributed by atoms with Gasteiger partial charge in [-0.15, -0.1) is 0 Å². The van der Waals surface area contributed by atoms with E-state index in [9.17, 15) is 22.8 Å². The van der Waals surface area contributed by atoms with Crippen molar-refractivity contribution in [3.05, 3.63) is 83.0 Å². The molecule has 0 saturated heterocycles. The SMILES string of the molecule is CCOc1cc(C(Nc2ccc(C(=N)N)cc2)C(=O)NNC(=O)c2cccnc2OC)ccc1COCN(C)C.O=C(O)C(F)(F)F. The number of nitrogens with two attached hydrogens (primary N) is 1. The number of nitrogens with one attached hydrogen (secondary N) is 4. The number of hydrogen-bond acceptors (Lipinski definition) is 10. The van der Waals surface area contributed by atoms with Crippen molar-refractivity contribution in [2.45, 2.75) is 25.7 Å². The molecule has 14 nitrogen and oxygen atoms in total. The molecule has 2 aromatic carbocycles. The highest BCUT2D eigenvalue weighted by Gasteiger charge is 2.38. The van der Waals surface area contributed by atoms with E-state index in [0.717, 1.165) is 5.56 Å². The summed E-state index contributed by atoms with van der Waals surface area (Å²) in [6, 6.07) is 14.4. The molecule has 1 heterocycles. The van der Waals surface area contributed by atoms with Crippen LogP contribution in [0.5, 0.6) is 11.6 Å². The van der Waals surface area contributed by atoms with Crippen molar-refractivity contribution in [3.63, 3.8) is 0 Å². The van der Waals surface area contributed by atoms with Gasteiger partial charge in [-0.2, -0.15) is 13.2 Å². The van der Waals surface area contributed by atoms with Gasteiger partial charge in [-0.1, -0.05) is 12.1 Å². The Kier molecular flexibility index (Phi) is 14.4. The fourth-order valence-corrected chi connectivity index (χ4v) is 3.70. The van der Waals surface area contributed by atoms with Crippen molar-refractivity contribution < 1.29 is 46.9 Å². The van der Waals surface area contributed by atoms with Crippen LogP contribution in [0.1, 0.15) is 40.0 Å². The molecule has 0 saturated carbocycles. The van der Waals surface area contributed by atoms with Crippen LogP contribution in [-0.2, 0) is 20.9 Å². The average Bonchev–Trinajstić information content (AvgIpc) is 3.03. The van der Waals surface area contributed by atoms with E-state index in [4.69, 9.17) is 35.3 Å². The van der Waals surface area contributed by atoms with E-state index in [1.807, 2.05) is 32.0 Å². The quantitative estimate of drug-likeness (QED) is 0.0679. The molecule has 0 spiro atoms. The second kappa shape index (κ2) is 17.9. The summed E-state index contributed by atoms with van der Waals surface area (Å²) in [6.07, 6.45) is -3.59. The van der Waals surface area contributed by atoms with Crippen LogP contribution in [0, 0.1) is 5.41 Å². The number of rotatable bonds is 13. The van der Waals surface area contributed by atoms with E-state index >= 15 is 0 Å². The number of benzene rings is 2. The van der Waals surface area contributed by atoms with Crippen molar-refractivity contribution in [2.24, 2.45) is 5.73 Å². The van der Waals surface area contributed by atoms with Crippen molar-refractivity contribution in [1.82, 2.24) is 20.7 Å². The topological polar surface area (TPSA) is 201 Å². The zero-order valence-corrected chi connectivity index (χ0v) is 26.0. The van der Waals surface area contributed by atoms with E-state index in [-0.39, 0.29) is 17.3 Å². The van der Waals surface area contributed by atoms with Gasteiger partial charge < -0.3 is 30.4 Å². The van der Waals surface area contributed by atoms with Crippen LogP contribution >= 0.6 is 0 Å². The molecule has 47 heavy (non-hydrogen) atoms. The number of amides is 2. The van der Waals surface area contributed by atoms with Gasteiger partial charge in [0, 0.05) is 23.0 Å². The van der Waals surface area contributed by atoms with Gasteiger partial charge in [0.2, 0.25) is 5.88 Å². The summed E-state index contributed by atoms with van der Waals surface area (Å²) in [7, 11) is 5.22. The summed E-state index contributed by atoms with van der Waals surface area (Å²) in [5.41, 5.74) is 13.2. The zero-order valence-electron chi connectivity index (χ0n) is 26.0. The molecule has 2 amide bonds. The number of carbonyl (C=O) groups excluding carboxylic acids is 2. The van der Waals surface area contributed by atoms with E-state index in [1.165, 1.54) is 19.4 Å². The number of anilines is 1. The number of methoxy groups -OCH3 is 1. The number of halogens is 3. The monoisotopic (exact) mass is 663 g/mol. The first-order chi connectivity index (χ1) is 22.2. The van der Waals surface area contributed by atoms with Crippen LogP contribution in [0.15, 0.2) is 60.8 Å². The first kappa shape index (κ1) is 37.8. The first-order valence-electron chi connectivity index (χ1n) is 13.8. The second-order valence-corrected chi connectivity index (χ2v) is 9.73. The van der Waals surface area contributed by atoms with Crippen LogP contribution in [0.2, 0.25) is 0 Å². The van der Waals surface area contributed by atoms with Crippen molar-refractivity contribution in [3.8, 4) is 11.6 Å². The van der Waals surface area contributed by atoms with Crippen LogP contribution in [0.25, 0.3) is 0 Å². The largest absolute Gasteiger partial charge is 0.493 e. The van der Waals surface area contributed by atoms with Crippen LogP contribution < -0.4 is 31.4 Å². The molecule has 3 aromatic rings. The Labute approximate surface area is 268 Å². The van der Waals surface area contributed by atoms with Gasteiger partial charge in [-0.25, -0.2) is 9.78 Å². The zero-order chi connectivity index (χ0) is 35.1. The molecule has 3 rings (SSSR count). The van der Waals surface area contributed by atoms with Crippen molar-refractivity contribution in [1.29, 1.82) is 5.41 Å². The van der Waals surface area contributed by atoms with Gasteiger partial charge >= 0.3 is 12.1 Å². The minimum absolute atomic E-state index is 0.0668. The maximum absolute atomic E-state index is 13.5. The molecule has 0 bridgehead atoms. The number of aromatic nitrogens is 1. The summed E-state index contributed by atoms with van der Waals surface area (Å²) in [6.45, 7) is 3.06. The third-order valence-corrected chi connectivity index (χ3v) is 5.85. The standard InChI is InChI=1S/C28H35N7O5.C2HF3O2/c1-5-40-23-15-19(8-9-20(23)16-39-17-35(2)3)24(32-21-12-10-18(11-13-21)25(29)30)27(37)34-33-26(36)22-7-6-14-31-28(22)38-4;3-2(4,5)1(6)7/h6-15,24,32H,5,16-17H2,1-4H3,(H3,29,30)(H,33,36)(H,34,37);(H,6,7). The lowest BCUT2D eigenvalue weighted by Gasteiger charge is -2.22. The minimum Gasteiger partial charge on any atom is -0.493 e. The number of hydrogen-bond donors (Lipinski definition) is 6. The number of carboxylic acid groups (broad SMARTS) is 1. The summed E-state index contributed by atoms with van der Waals surface area (Å²) >= 11 is 0. The maximum atomic E-state index is 13.5. The van der Waals surface area contributed by atoms with E-state index in [2.05, 4.69) is 21.2 Å². The molecule has 0 aliphatic rings. The number of nitrogen functional groups attached to an aromatic ring is 1. The predicted molar refractivity (Wildman–Crippen MR) is 165 cm³/mol. The molecule has 254 valence electrons. The number of alkyl halides is 3. The first-order valence-corrected chi connectivity index (χ1v) is 13.8. The van der Waals surface area contributed by atoms with Crippen LogP contribution in [-0.4, -0.2) is 79.3 Å². The van der Waals surface area contributed by atoms with Gasteiger partial charge in [0.25, 0.3) is 11.8 Å². The summed E-state index contributed by atoms with van der Waals surface area (Å²) in [5.74, 6) is -3.25. The lowest BCUT2D eigenvalue weighted by atomic mass is 10.0. The number of nitrogens with zero attached hydrogens (tertiary/aromatic N) is 2. The highest BCUT2D eigenvalue weighted by Crippen LogP contribution is 2.28.